The molecule has 1 unspecified atom stereocenters. The Bertz CT molecular complexity index is 484. The summed E-state index contributed by atoms with van der Waals surface area (Å²) in [6, 6.07) is 4.84. The van der Waals surface area contributed by atoms with Crippen molar-refractivity contribution in [2.45, 2.75) is 40.0 Å². The minimum Gasteiger partial charge on any atom is -0.369 e. The third-order valence-corrected chi connectivity index (χ3v) is 4.41. The first-order valence-corrected chi connectivity index (χ1v) is 7.54. The van der Waals surface area contributed by atoms with Gasteiger partial charge in [0.1, 0.15) is 5.82 Å². The Labute approximate surface area is 121 Å². The largest absolute Gasteiger partial charge is 0.369 e. The van der Waals surface area contributed by atoms with Crippen molar-refractivity contribution in [1.29, 1.82) is 0 Å². The van der Waals surface area contributed by atoms with Gasteiger partial charge in [0.25, 0.3) is 0 Å². The van der Waals surface area contributed by atoms with Crippen molar-refractivity contribution in [2.75, 3.05) is 18.0 Å². The Morgan fingerprint density at radius 2 is 2.05 bits per heavy atom. The first kappa shape index (κ1) is 15.0. The molecule has 0 bridgehead atoms. The SMILES string of the molecule is CC(=O)c1ccc(N2CCCC(C(C)C)CC2)c(F)c1. The Kier molecular flexibility index (Phi) is 4.79. The lowest BCUT2D eigenvalue weighted by Gasteiger charge is -2.24. The molecule has 0 radical (unpaired) electrons. The van der Waals surface area contributed by atoms with Crippen LogP contribution in [0.2, 0.25) is 0 Å². The highest BCUT2D eigenvalue weighted by atomic mass is 19.1. The molecule has 2 rings (SSSR count). The Hall–Kier alpha value is -1.38. The van der Waals surface area contributed by atoms with Crippen molar-refractivity contribution in [3.05, 3.63) is 29.6 Å². The van der Waals surface area contributed by atoms with E-state index in [1.165, 1.54) is 19.4 Å². The number of carbonyl (C=O) groups excluding carboxylic acids is 1. The van der Waals surface area contributed by atoms with E-state index >= 15 is 0 Å². The van der Waals surface area contributed by atoms with Gasteiger partial charge in [-0.1, -0.05) is 13.8 Å². The summed E-state index contributed by atoms with van der Waals surface area (Å²) < 4.78 is 14.2. The van der Waals surface area contributed by atoms with Crippen LogP contribution < -0.4 is 4.90 Å². The number of Topliss-reactive ketones (excluding diaryl/α,β-unsaturated/α-hetero) is 1. The number of benzene rings is 1. The molecule has 1 atom stereocenters. The topological polar surface area (TPSA) is 20.3 Å². The first-order valence-electron chi connectivity index (χ1n) is 7.54. The van der Waals surface area contributed by atoms with Crippen LogP contribution in [0.15, 0.2) is 18.2 Å². The van der Waals surface area contributed by atoms with E-state index < -0.39 is 0 Å². The monoisotopic (exact) mass is 277 g/mol. The summed E-state index contributed by atoms with van der Waals surface area (Å²) in [6.45, 7) is 7.80. The molecule has 1 aliphatic rings. The van der Waals surface area contributed by atoms with Gasteiger partial charge in [0.15, 0.2) is 5.78 Å². The standard InChI is InChI=1S/C17H24FNO/c1-12(2)14-5-4-9-19(10-8-14)17-7-6-15(13(3)20)11-16(17)18/h6-7,11-12,14H,4-5,8-10H2,1-3H3. The lowest BCUT2D eigenvalue weighted by molar-refractivity contribution is 0.101. The summed E-state index contributed by atoms with van der Waals surface area (Å²) in [5.41, 5.74) is 1.08. The highest BCUT2D eigenvalue weighted by Gasteiger charge is 2.21. The van der Waals surface area contributed by atoms with Crippen molar-refractivity contribution in [2.24, 2.45) is 11.8 Å². The third kappa shape index (κ3) is 3.38. The highest BCUT2D eigenvalue weighted by Crippen LogP contribution is 2.29. The molecule has 1 aromatic rings. The van der Waals surface area contributed by atoms with E-state index in [0.29, 0.717) is 17.2 Å². The molecule has 1 saturated heterocycles. The number of hydrogen-bond donors (Lipinski definition) is 0. The Morgan fingerprint density at radius 1 is 1.30 bits per heavy atom. The van der Waals surface area contributed by atoms with Gasteiger partial charge in [-0.25, -0.2) is 4.39 Å². The average Bonchev–Trinajstić information content (AvgIpc) is 2.64. The molecule has 0 spiro atoms. The first-order chi connectivity index (χ1) is 9.49. The van der Waals surface area contributed by atoms with Gasteiger partial charge in [-0.2, -0.15) is 0 Å². The van der Waals surface area contributed by atoms with E-state index in [0.717, 1.165) is 31.8 Å². The molecule has 20 heavy (non-hydrogen) atoms. The van der Waals surface area contributed by atoms with Crippen LogP contribution in [-0.4, -0.2) is 18.9 Å². The summed E-state index contributed by atoms with van der Waals surface area (Å²) in [4.78, 5) is 13.4. The maximum Gasteiger partial charge on any atom is 0.159 e. The number of rotatable bonds is 3. The third-order valence-electron chi connectivity index (χ3n) is 4.41. The maximum atomic E-state index is 14.2. The summed E-state index contributed by atoms with van der Waals surface area (Å²) in [6.07, 6.45) is 3.45. The van der Waals surface area contributed by atoms with Gasteiger partial charge >= 0.3 is 0 Å². The molecule has 0 N–H and O–H groups in total. The van der Waals surface area contributed by atoms with E-state index in [9.17, 15) is 9.18 Å². The van der Waals surface area contributed by atoms with E-state index in [2.05, 4.69) is 18.7 Å². The number of anilines is 1. The van der Waals surface area contributed by atoms with Gasteiger partial charge in [-0.15, -0.1) is 0 Å². The molecule has 0 aromatic heterocycles. The molecule has 0 saturated carbocycles. The fourth-order valence-corrected chi connectivity index (χ4v) is 3.01. The van der Waals surface area contributed by atoms with Gasteiger partial charge in [0.2, 0.25) is 0 Å². The van der Waals surface area contributed by atoms with Crippen LogP contribution in [0.3, 0.4) is 0 Å². The summed E-state index contributed by atoms with van der Waals surface area (Å²) in [7, 11) is 0. The number of carbonyl (C=O) groups is 1. The highest BCUT2D eigenvalue weighted by molar-refractivity contribution is 5.94. The van der Waals surface area contributed by atoms with Crippen molar-refractivity contribution in [3.63, 3.8) is 0 Å². The smallest absolute Gasteiger partial charge is 0.159 e. The van der Waals surface area contributed by atoms with Crippen molar-refractivity contribution in [3.8, 4) is 0 Å². The molecule has 0 amide bonds. The fraction of sp³-hybridized carbons (Fsp3) is 0.588. The number of halogens is 1. The zero-order valence-electron chi connectivity index (χ0n) is 12.7. The van der Waals surface area contributed by atoms with E-state index in [1.54, 1.807) is 12.1 Å². The summed E-state index contributed by atoms with van der Waals surface area (Å²) in [5.74, 6) is 1.06. The quantitative estimate of drug-likeness (QED) is 0.768. The molecule has 1 fully saturated rings. The minimum atomic E-state index is -0.277. The van der Waals surface area contributed by atoms with Crippen LogP contribution >= 0.6 is 0 Å². The molecule has 1 aromatic carbocycles. The van der Waals surface area contributed by atoms with Gasteiger partial charge in [-0.3, -0.25) is 4.79 Å². The second-order valence-electron chi connectivity index (χ2n) is 6.14. The Morgan fingerprint density at radius 3 is 2.65 bits per heavy atom. The van der Waals surface area contributed by atoms with E-state index in [4.69, 9.17) is 0 Å². The zero-order chi connectivity index (χ0) is 14.7. The van der Waals surface area contributed by atoms with Gasteiger partial charge in [-0.05, 0) is 56.2 Å². The molecule has 1 heterocycles. The second kappa shape index (κ2) is 6.38. The van der Waals surface area contributed by atoms with Gasteiger partial charge in [0, 0.05) is 18.7 Å². The maximum absolute atomic E-state index is 14.2. The second-order valence-corrected chi connectivity index (χ2v) is 6.14. The molecular formula is C17H24FNO. The lowest BCUT2D eigenvalue weighted by atomic mass is 9.89. The fourth-order valence-electron chi connectivity index (χ4n) is 3.01. The van der Waals surface area contributed by atoms with Crippen molar-refractivity contribution < 1.29 is 9.18 Å². The summed E-state index contributed by atoms with van der Waals surface area (Å²) >= 11 is 0. The molecular weight excluding hydrogens is 253 g/mol. The van der Waals surface area contributed by atoms with Crippen LogP contribution in [0.5, 0.6) is 0 Å². The molecule has 3 heteroatoms. The predicted molar refractivity (Wildman–Crippen MR) is 80.8 cm³/mol. The van der Waals surface area contributed by atoms with Crippen molar-refractivity contribution >= 4 is 11.5 Å². The predicted octanol–water partition coefficient (Wildman–Crippen LogP) is 4.29. The molecule has 2 nitrogen and oxygen atoms in total. The van der Waals surface area contributed by atoms with Crippen LogP contribution in [0.1, 0.15) is 50.4 Å². The zero-order valence-corrected chi connectivity index (χ0v) is 12.7. The minimum absolute atomic E-state index is 0.0915. The van der Waals surface area contributed by atoms with E-state index in [-0.39, 0.29) is 11.6 Å². The lowest BCUT2D eigenvalue weighted by Crippen LogP contribution is -2.25. The van der Waals surface area contributed by atoms with Crippen LogP contribution in [0.25, 0.3) is 0 Å². The molecule has 110 valence electrons. The Balaban J connectivity index is 2.13. The molecule has 1 aliphatic heterocycles. The summed E-state index contributed by atoms with van der Waals surface area (Å²) in [5, 5.41) is 0. The van der Waals surface area contributed by atoms with E-state index in [1.807, 2.05) is 0 Å². The number of ketones is 1. The average molecular weight is 277 g/mol. The van der Waals surface area contributed by atoms with Gasteiger partial charge < -0.3 is 4.90 Å². The van der Waals surface area contributed by atoms with Crippen LogP contribution in [0, 0.1) is 17.7 Å². The molecule has 0 aliphatic carbocycles. The van der Waals surface area contributed by atoms with Crippen LogP contribution in [-0.2, 0) is 0 Å². The van der Waals surface area contributed by atoms with Gasteiger partial charge in [0.05, 0.1) is 5.69 Å². The van der Waals surface area contributed by atoms with Crippen molar-refractivity contribution in [1.82, 2.24) is 0 Å². The number of hydrogen-bond acceptors (Lipinski definition) is 2. The number of nitrogens with zero attached hydrogens (tertiary/aromatic N) is 1. The normalized spacial score (nSPS) is 20.1. The van der Waals surface area contributed by atoms with Crippen LogP contribution in [0.4, 0.5) is 10.1 Å².